The summed E-state index contributed by atoms with van der Waals surface area (Å²) in [5, 5.41) is 6.15. The Morgan fingerprint density at radius 2 is 2.07 bits per heavy atom. The van der Waals surface area contributed by atoms with Gasteiger partial charge in [-0.3, -0.25) is 4.99 Å². The molecule has 2 N–H and O–H groups in total. The van der Waals surface area contributed by atoms with E-state index in [2.05, 4.69) is 39.2 Å². The molecule has 0 radical (unpaired) electrons. The van der Waals surface area contributed by atoms with E-state index in [-0.39, 0.29) is 5.69 Å². The standard InChI is InChI=1S/C20H25F3N4/c1-4-12-26-19(25-3)16(9-6-5-7-13-24-2)15-27-18-11-8-10-17(14-18)20(21,22)23/h8,10-11,14-15,24,26H,3-5,7,12-13H2,1-2H3/b19-16+,27-15-. The second-order valence-electron chi connectivity index (χ2n) is 5.66. The topological polar surface area (TPSA) is 48.8 Å². The highest BCUT2D eigenvalue weighted by molar-refractivity contribution is 5.87. The number of allylic oxidation sites excluding steroid dienone is 1. The Morgan fingerprint density at radius 3 is 2.70 bits per heavy atom. The number of rotatable bonds is 9. The molecule has 0 spiro atoms. The summed E-state index contributed by atoms with van der Waals surface area (Å²) in [4.78, 5) is 8.09. The number of unbranched alkanes of at least 4 members (excludes halogenated alkanes) is 1. The van der Waals surface area contributed by atoms with Crippen LogP contribution in [0.4, 0.5) is 18.9 Å². The second kappa shape index (κ2) is 11.9. The Hall–Kier alpha value is -2.59. The van der Waals surface area contributed by atoms with E-state index in [0.29, 0.717) is 24.4 Å². The van der Waals surface area contributed by atoms with Crippen LogP contribution in [0.25, 0.3) is 0 Å². The summed E-state index contributed by atoms with van der Waals surface area (Å²) >= 11 is 0. The van der Waals surface area contributed by atoms with E-state index in [1.165, 1.54) is 18.3 Å². The van der Waals surface area contributed by atoms with Gasteiger partial charge in [0, 0.05) is 19.2 Å². The third-order valence-electron chi connectivity index (χ3n) is 3.42. The van der Waals surface area contributed by atoms with Crippen molar-refractivity contribution in [2.24, 2.45) is 9.98 Å². The van der Waals surface area contributed by atoms with Crippen LogP contribution in [0.5, 0.6) is 0 Å². The molecule has 0 saturated carbocycles. The molecule has 146 valence electrons. The van der Waals surface area contributed by atoms with Crippen LogP contribution in [0, 0.1) is 11.8 Å². The molecule has 0 saturated heterocycles. The van der Waals surface area contributed by atoms with E-state index < -0.39 is 11.7 Å². The highest BCUT2D eigenvalue weighted by atomic mass is 19.4. The molecule has 7 heteroatoms. The van der Waals surface area contributed by atoms with Crippen molar-refractivity contribution in [3.8, 4) is 11.8 Å². The molecule has 0 atom stereocenters. The molecule has 0 heterocycles. The molecule has 0 aromatic heterocycles. The number of hydrogen-bond acceptors (Lipinski definition) is 4. The monoisotopic (exact) mass is 378 g/mol. The molecule has 0 aliphatic heterocycles. The second-order valence-corrected chi connectivity index (χ2v) is 5.66. The molecule has 0 amide bonds. The van der Waals surface area contributed by atoms with Gasteiger partial charge in [-0.2, -0.15) is 13.2 Å². The van der Waals surface area contributed by atoms with Crippen LogP contribution in [0.15, 0.2) is 45.6 Å². The predicted octanol–water partition coefficient (Wildman–Crippen LogP) is 4.32. The Bertz CT molecular complexity index is 725. The number of hydrogen-bond donors (Lipinski definition) is 2. The minimum absolute atomic E-state index is 0.193. The Kier molecular flexibility index (Phi) is 9.91. The molecule has 0 bridgehead atoms. The SMILES string of the molecule is C=N/C(NCCC)=C(C#CCCCNC)\C=N/c1cccc(C(F)(F)F)c1. The quantitative estimate of drug-likeness (QED) is 0.382. The van der Waals surface area contributed by atoms with Gasteiger partial charge < -0.3 is 10.6 Å². The van der Waals surface area contributed by atoms with E-state index in [0.717, 1.165) is 31.5 Å². The number of nitrogens with zero attached hydrogens (tertiary/aromatic N) is 2. The first-order valence-corrected chi connectivity index (χ1v) is 8.72. The number of alkyl halides is 3. The summed E-state index contributed by atoms with van der Waals surface area (Å²) in [7, 11) is 1.87. The van der Waals surface area contributed by atoms with Crippen LogP contribution in [-0.4, -0.2) is 33.1 Å². The van der Waals surface area contributed by atoms with E-state index >= 15 is 0 Å². The fourth-order valence-electron chi connectivity index (χ4n) is 2.05. The molecule has 4 nitrogen and oxygen atoms in total. The van der Waals surface area contributed by atoms with Crippen molar-refractivity contribution in [2.45, 2.75) is 32.4 Å². The van der Waals surface area contributed by atoms with Crippen molar-refractivity contribution in [1.82, 2.24) is 10.6 Å². The molecule has 1 rings (SSSR count). The molecule has 0 unspecified atom stereocenters. The third-order valence-corrected chi connectivity index (χ3v) is 3.42. The molecule has 1 aromatic carbocycles. The van der Waals surface area contributed by atoms with Crippen LogP contribution in [0.2, 0.25) is 0 Å². The van der Waals surface area contributed by atoms with E-state index in [9.17, 15) is 13.2 Å². The summed E-state index contributed by atoms with van der Waals surface area (Å²) in [5.41, 5.74) is -0.0643. The van der Waals surface area contributed by atoms with Crippen LogP contribution in [0.1, 0.15) is 31.7 Å². The van der Waals surface area contributed by atoms with Gasteiger partial charge in [-0.25, -0.2) is 4.99 Å². The maximum Gasteiger partial charge on any atom is 0.416 e. The summed E-state index contributed by atoms with van der Waals surface area (Å²) in [6.07, 6.45) is -0.533. The normalized spacial score (nSPS) is 12.3. The number of aliphatic imine (C=N–C) groups is 2. The average Bonchev–Trinajstić information content (AvgIpc) is 2.65. The van der Waals surface area contributed by atoms with Crippen LogP contribution in [-0.2, 0) is 6.18 Å². The third kappa shape index (κ3) is 8.56. The van der Waals surface area contributed by atoms with Gasteiger partial charge in [0.15, 0.2) is 0 Å². The minimum atomic E-state index is -4.41. The van der Waals surface area contributed by atoms with Crippen LogP contribution >= 0.6 is 0 Å². The minimum Gasteiger partial charge on any atom is -0.369 e. The number of halogens is 3. The Morgan fingerprint density at radius 1 is 1.30 bits per heavy atom. The smallest absolute Gasteiger partial charge is 0.369 e. The molecular formula is C20H25F3N4. The van der Waals surface area contributed by atoms with Crippen molar-refractivity contribution in [2.75, 3.05) is 20.1 Å². The van der Waals surface area contributed by atoms with E-state index in [1.807, 2.05) is 14.0 Å². The highest BCUT2D eigenvalue weighted by Gasteiger charge is 2.30. The van der Waals surface area contributed by atoms with Crippen molar-refractivity contribution in [3.05, 3.63) is 41.2 Å². The lowest BCUT2D eigenvalue weighted by Crippen LogP contribution is -2.15. The van der Waals surface area contributed by atoms with Crippen LogP contribution < -0.4 is 10.6 Å². The number of benzene rings is 1. The number of nitrogens with one attached hydrogen (secondary N) is 2. The van der Waals surface area contributed by atoms with Gasteiger partial charge in [0.2, 0.25) is 0 Å². The summed E-state index contributed by atoms with van der Waals surface area (Å²) in [6.45, 7) is 7.07. The summed E-state index contributed by atoms with van der Waals surface area (Å²) in [6, 6.07) is 4.83. The fraction of sp³-hybridized carbons (Fsp3) is 0.400. The Labute approximate surface area is 158 Å². The average molecular weight is 378 g/mol. The van der Waals surface area contributed by atoms with Gasteiger partial charge in [0.1, 0.15) is 5.82 Å². The first-order chi connectivity index (χ1) is 12.9. The lowest BCUT2D eigenvalue weighted by atomic mass is 10.2. The van der Waals surface area contributed by atoms with Crippen molar-refractivity contribution < 1.29 is 13.2 Å². The first-order valence-electron chi connectivity index (χ1n) is 8.72. The molecule has 0 aliphatic rings. The lowest BCUT2D eigenvalue weighted by Gasteiger charge is -2.07. The van der Waals surface area contributed by atoms with Gasteiger partial charge in [0.25, 0.3) is 0 Å². The van der Waals surface area contributed by atoms with Crippen molar-refractivity contribution >= 4 is 18.6 Å². The molecule has 27 heavy (non-hydrogen) atoms. The van der Waals surface area contributed by atoms with Crippen molar-refractivity contribution in [1.29, 1.82) is 0 Å². The maximum atomic E-state index is 12.8. The van der Waals surface area contributed by atoms with E-state index in [4.69, 9.17) is 0 Å². The lowest BCUT2D eigenvalue weighted by molar-refractivity contribution is -0.137. The first kappa shape index (κ1) is 22.5. The van der Waals surface area contributed by atoms with Gasteiger partial charge >= 0.3 is 6.18 Å². The van der Waals surface area contributed by atoms with E-state index in [1.54, 1.807) is 0 Å². The highest BCUT2D eigenvalue weighted by Crippen LogP contribution is 2.31. The van der Waals surface area contributed by atoms with Crippen LogP contribution in [0.3, 0.4) is 0 Å². The molecule has 1 aromatic rings. The fourth-order valence-corrected chi connectivity index (χ4v) is 2.05. The zero-order valence-electron chi connectivity index (χ0n) is 15.7. The van der Waals surface area contributed by atoms with Gasteiger partial charge in [-0.15, -0.1) is 0 Å². The molecule has 0 fully saturated rings. The summed E-state index contributed by atoms with van der Waals surface area (Å²) in [5.74, 6) is 6.49. The predicted molar refractivity (Wildman–Crippen MR) is 105 cm³/mol. The van der Waals surface area contributed by atoms with Gasteiger partial charge in [-0.05, 0) is 51.4 Å². The van der Waals surface area contributed by atoms with Crippen molar-refractivity contribution in [3.63, 3.8) is 0 Å². The van der Waals surface area contributed by atoms with Gasteiger partial charge in [0.05, 0.1) is 16.8 Å². The zero-order valence-corrected chi connectivity index (χ0v) is 15.7. The largest absolute Gasteiger partial charge is 0.416 e. The maximum absolute atomic E-state index is 12.8. The summed E-state index contributed by atoms with van der Waals surface area (Å²) < 4.78 is 38.5. The molecule has 0 aliphatic carbocycles. The Balaban J connectivity index is 3.10. The van der Waals surface area contributed by atoms with Gasteiger partial charge in [-0.1, -0.05) is 24.8 Å². The molecular weight excluding hydrogens is 353 g/mol. The zero-order chi connectivity index (χ0) is 20.1.